The molecule has 0 amide bonds. The Morgan fingerprint density at radius 1 is 1.55 bits per heavy atom. The molecule has 1 rings (SSSR count). The fourth-order valence-corrected chi connectivity index (χ4v) is 1.13. The first kappa shape index (κ1) is 8.58. The lowest BCUT2D eigenvalue weighted by Gasteiger charge is -2.29. The lowest BCUT2D eigenvalue weighted by Crippen LogP contribution is -2.50. The molecule has 0 saturated carbocycles. The number of hydrogen-bond donors (Lipinski definition) is 1. The molecule has 0 aromatic rings. The van der Waals surface area contributed by atoms with Crippen molar-refractivity contribution >= 4 is 0 Å². The quantitative estimate of drug-likeness (QED) is 0.488. The fraction of sp³-hybridized carbons (Fsp3) is 1.00. The van der Waals surface area contributed by atoms with Crippen LogP contribution in [0.4, 0.5) is 0 Å². The molecule has 5 nitrogen and oxygen atoms in total. The van der Waals surface area contributed by atoms with Gasteiger partial charge in [-0.05, 0) is 11.7 Å². The van der Waals surface area contributed by atoms with Gasteiger partial charge in [0.2, 0.25) is 0 Å². The van der Waals surface area contributed by atoms with E-state index < -0.39 is 0 Å². The van der Waals surface area contributed by atoms with Crippen LogP contribution in [0, 0.1) is 5.53 Å². The first-order valence-electron chi connectivity index (χ1n) is 3.81. The second-order valence-corrected chi connectivity index (χ2v) is 2.42. The summed E-state index contributed by atoms with van der Waals surface area (Å²) in [5, 5.41) is 3.45. The third-order valence-corrected chi connectivity index (χ3v) is 1.72. The first-order valence-corrected chi connectivity index (χ1v) is 3.81. The second kappa shape index (κ2) is 3.75. The summed E-state index contributed by atoms with van der Waals surface area (Å²) in [5.74, 6) is 0. The highest BCUT2D eigenvalue weighted by molar-refractivity contribution is 4.38. The van der Waals surface area contributed by atoms with Crippen LogP contribution in [0.2, 0.25) is 0 Å². The summed E-state index contributed by atoms with van der Waals surface area (Å²) >= 11 is 0. The van der Waals surface area contributed by atoms with Crippen molar-refractivity contribution in [1.29, 1.82) is 5.53 Å². The molecule has 64 valence electrons. The Kier molecular flexibility index (Phi) is 2.92. The Hall–Kier alpha value is -0.520. The van der Waals surface area contributed by atoms with Crippen LogP contribution in [-0.4, -0.2) is 37.7 Å². The molecule has 0 aromatic carbocycles. The van der Waals surface area contributed by atoms with Gasteiger partial charge in [0, 0.05) is 0 Å². The Morgan fingerprint density at radius 3 is 2.64 bits per heavy atom. The van der Waals surface area contributed by atoms with Gasteiger partial charge < -0.3 is 4.74 Å². The van der Waals surface area contributed by atoms with Gasteiger partial charge in [-0.25, -0.2) is 0 Å². The van der Waals surface area contributed by atoms with Gasteiger partial charge in [0.15, 0.2) is 13.1 Å². The molecule has 0 aliphatic carbocycles. The van der Waals surface area contributed by atoms with E-state index in [0.717, 1.165) is 0 Å². The summed E-state index contributed by atoms with van der Waals surface area (Å²) in [5.41, 5.74) is 6.97. The van der Waals surface area contributed by atoms with Crippen molar-refractivity contribution in [2.24, 2.45) is 5.22 Å². The van der Waals surface area contributed by atoms with Crippen LogP contribution in [0.15, 0.2) is 5.22 Å². The van der Waals surface area contributed by atoms with E-state index in [9.17, 15) is 0 Å². The molecule has 0 aromatic heterocycles. The molecule has 0 atom stereocenters. The van der Waals surface area contributed by atoms with E-state index >= 15 is 0 Å². The molecule has 1 N–H and O–H groups in total. The van der Waals surface area contributed by atoms with Crippen LogP contribution in [0.5, 0.6) is 0 Å². The highest BCUT2D eigenvalue weighted by atomic mass is 16.8. The van der Waals surface area contributed by atoms with Crippen molar-refractivity contribution < 1.29 is 14.3 Å². The maximum absolute atomic E-state index is 6.97. The van der Waals surface area contributed by atoms with Crippen LogP contribution in [-0.2, 0) is 9.57 Å². The predicted molar refractivity (Wildman–Crippen MR) is 37.6 cm³/mol. The minimum atomic E-state index is 0.0799. The van der Waals surface area contributed by atoms with Crippen molar-refractivity contribution in [3.8, 4) is 0 Å². The first-order chi connectivity index (χ1) is 5.33. The average Bonchev–Trinajstić information content (AvgIpc) is 2.07. The summed E-state index contributed by atoms with van der Waals surface area (Å²) in [6, 6.07) is 0. The van der Waals surface area contributed by atoms with Gasteiger partial charge in [-0.1, -0.05) is 0 Å². The molecule has 0 spiro atoms. The molecule has 1 heterocycles. The minimum absolute atomic E-state index is 0.0799. The maximum Gasteiger partial charge on any atom is 0.161 e. The number of ether oxygens (including phenoxy) is 1. The van der Waals surface area contributed by atoms with Gasteiger partial charge >= 0.3 is 0 Å². The lowest BCUT2D eigenvalue weighted by atomic mass is 10.5. The third-order valence-electron chi connectivity index (χ3n) is 1.72. The van der Waals surface area contributed by atoms with Gasteiger partial charge in [0.1, 0.15) is 19.8 Å². The van der Waals surface area contributed by atoms with E-state index in [4.69, 9.17) is 15.1 Å². The monoisotopic (exact) mass is 160 g/mol. The van der Waals surface area contributed by atoms with Gasteiger partial charge in [0.05, 0.1) is 5.22 Å². The largest absolute Gasteiger partial charge is 0.369 e. The van der Waals surface area contributed by atoms with E-state index in [-0.39, 0.29) is 4.76 Å². The van der Waals surface area contributed by atoms with Crippen LogP contribution in [0.25, 0.3) is 0 Å². The molecule has 5 heteroatoms. The standard InChI is InChI=1S/C6H14N3O2/c1-2-11-9(8-7)3-5-10-6-4-9/h7H,2-6H2,1H3/q+1. The van der Waals surface area contributed by atoms with E-state index in [1.54, 1.807) is 0 Å². The van der Waals surface area contributed by atoms with Crippen LogP contribution >= 0.6 is 0 Å². The number of rotatable bonds is 3. The molecule has 0 radical (unpaired) electrons. The molecular formula is C6H14N3O2+. The molecular weight excluding hydrogens is 146 g/mol. The van der Waals surface area contributed by atoms with Crippen molar-refractivity contribution in [1.82, 2.24) is 0 Å². The number of hydrogen-bond acceptors (Lipinski definition) is 4. The molecule has 1 aliphatic rings. The summed E-state index contributed by atoms with van der Waals surface area (Å²) in [7, 11) is 0. The zero-order valence-corrected chi connectivity index (χ0v) is 6.75. The third kappa shape index (κ3) is 1.95. The molecule has 1 aliphatic heterocycles. The van der Waals surface area contributed by atoms with E-state index in [0.29, 0.717) is 32.9 Å². The number of nitrogens with zero attached hydrogens (tertiary/aromatic N) is 2. The van der Waals surface area contributed by atoms with Gasteiger partial charge in [-0.15, -0.1) is 0 Å². The van der Waals surface area contributed by atoms with Crippen molar-refractivity contribution in [3.63, 3.8) is 0 Å². The summed E-state index contributed by atoms with van der Waals surface area (Å²) in [6.07, 6.45) is 0. The Labute approximate surface area is 65.9 Å². The molecule has 11 heavy (non-hydrogen) atoms. The SMILES string of the molecule is CCO[N+]1(N=N)CCOCC1. The normalized spacial score (nSPS) is 23.0. The summed E-state index contributed by atoms with van der Waals surface area (Å²) < 4.78 is 5.21. The summed E-state index contributed by atoms with van der Waals surface area (Å²) in [4.78, 5) is 5.32. The zero-order valence-electron chi connectivity index (χ0n) is 6.75. The van der Waals surface area contributed by atoms with Gasteiger partial charge in [-0.2, -0.15) is 10.4 Å². The Morgan fingerprint density at radius 2 is 2.18 bits per heavy atom. The average molecular weight is 160 g/mol. The van der Waals surface area contributed by atoms with Crippen molar-refractivity contribution in [2.75, 3.05) is 32.9 Å². The molecule has 0 bridgehead atoms. The highest BCUT2D eigenvalue weighted by Crippen LogP contribution is 2.12. The van der Waals surface area contributed by atoms with Crippen LogP contribution in [0.3, 0.4) is 0 Å². The Balaban J connectivity index is 2.49. The zero-order chi connectivity index (χ0) is 8.16. The highest BCUT2D eigenvalue weighted by Gasteiger charge is 2.32. The molecule has 1 fully saturated rings. The number of nitrogens with one attached hydrogen (secondary N) is 1. The minimum Gasteiger partial charge on any atom is -0.369 e. The van der Waals surface area contributed by atoms with Crippen molar-refractivity contribution in [2.45, 2.75) is 6.92 Å². The van der Waals surface area contributed by atoms with Crippen LogP contribution < -0.4 is 0 Å². The predicted octanol–water partition coefficient (Wildman–Crippen LogP) is 0.731. The van der Waals surface area contributed by atoms with Gasteiger partial charge in [0.25, 0.3) is 0 Å². The van der Waals surface area contributed by atoms with Gasteiger partial charge in [-0.3, -0.25) is 0 Å². The van der Waals surface area contributed by atoms with Crippen LogP contribution in [0.1, 0.15) is 6.92 Å². The maximum atomic E-state index is 6.97. The fourth-order valence-electron chi connectivity index (χ4n) is 1.13. The lowest BCUT2D eigenvalue weighted by molar-refractivity contribution is -1.12. The summed E-state index contributed by atoms with van der Waals surface area (Å²) in [6.45, 7) is 5.04. The molecule has 0 unspecified atom stereocenters. The van der Waals surface area contributed by atoms with E-state index in [1.165, 1.54) is 0 Å². The van der Waals surface area contributed by atoms with E-state index in [1.807, 2.05) is 6.92 Å². The number of quaternary nitrogens is 1. The topological polar surface area (TPSA) is 54.7 Å². The second-order valence-electron chi connectivity index (χ2n) is 2.42. The molecule has 1 saturated heterocycles. The Bertz CT molecular complexity index is 128. The smallest absolute Gasteiger partial charge is 0.161 e. The number of morpholine rings is 1. The van der Waals surface area contributed by atoms with E-state index in [2.05, 4.69) is 5.22 Å². The number of hydroxylamine groups is 2. The van der Waals surface area contributed by atoms with Crippen molar-refractivity contribution in [3.05, 3.63) is 0 Å².